The molecule has 2 rings (SSSR count). The van der Waals surface area contributed by atoms with Crippen molar-refractivity contribution in [3.05, 3.63) is 27.7 Å². The van der Waals surface area contributed by atoms with E-state index >= 15 is 0 Å². The molecule has 1 aromatic rings. The van der Waals surface area contributed by atoms with Gasteiger partial charge in [-0.15, -0.1) is 0 Å². The topological polar surface area (TPSA) is 32.5 Å². The van der Waals surface area contributed by atoms with Crippen LogP contribution in [0.15, 0.2) is 16.6 Å². The van der Waals surface area contributed by atoms with E-state index in [2.05, 4.69) is 45.8 Å². The molecule has 1 heterocycles. The van der Waals surface area contributed by atoms with E-state index in [-0.39, 0.29) is 0 Å². The first-order valence-electron chi connectivity index (χ1n) is 6.57. The third kappa shape index (κ3) is 3.25. The average Bonchev–Trinajstić information content (AvgIpc) is 2.34. The van der Waals surface area contributed by atoms with Crippen molar-refractivity contribution in [2.75, 3.05) is 39.0 Å². The Labute approximate surface area is 118 Å². The first-order valence-corrected chi connectivity index (χ1v) is 7.37. The van der Waals surface area contributed by atoms with Crippen molar-refractivity contribution in [3.8, 4) is 0 Å². The van der Waals surface area contributed by atoms with E-state index in [1.165, 1.54) is 11.1 Å². The van der Waals surface area contributed by atoms with Gasteiger partial charge in [-0.25, -0.2) is 0 Å². The van der Waals surface area contributed by atoms with Crippen LogP contribution in [-0.4, -0.2) is 43.0 Å². The van der Waals surface area contributed by atoms with Crippen LogP contribution in [0.1, 0.15) is 18.1 Å². The Kier molecular flexibility index (Phi) is 4.65. The van der Waals surface area contributed by atoms with Gasteiger partial charge in [-0.1, -0.05) is 22.9 Å². The van der Waals surface area contributed by atoms with Gasteiger partial charge in [0.2, 0.25) is 0 Å². The van der Waals surface area contributed by atoms with Crippen LogP contribution in [0.3, 0.4) is 0 Å². The second kappa shape index (κ2) is 6.04. The number of halogens is 1. The van der Waals surface area contributed by atoms with Gasteiger partial charge in [-0.05, 0) is 36.7 Å². The van der Waals surface area contributed by atoms with Crippen molar-refractivity contribution in [2.45, 2.75) is 19.9 Å². The highest BCUT2D eigenvalue weighted by molar-refractivity contribution is 9.10. The summed E-state index contributed by atoms with van der Waals surface area (Å²) >= 11 is 3.66. The number of nitrogens with zero attached hydrogens (tertiary/aromatic N) is 2. The molecule has 3 nitrogen and oxygen atoms in total. The van der Waals surface area contributed by atoms with Crippen molar-refractivity contribution in [1.29, 1.82) is 0 Å². The summed E-state index contributed by atoms with van der Waals surface area (Å²) in [5.41, 5.74) is 9.51. The number of aryl methyl sites for hydroxylation is 1. The molecule has 0 saturated carbocycles. The number of anilines is 1. The third-order valence-corrected chi connectivity index (χ3v) is 4.38. The van der Waals surface area contributed by atoms with Crippen LogP contribution >= 0.6 is 15.9 Å². The van der Waals surface area contributed by atoms with Gasteiger partial charge < -0.3 is 10.6 Å². The summed E-state index contributed by atoms with van der Waals surface area (Å²) in [5.74, 6) is 0. The smallest absolute Gasteiger partial charge is 0.0328 e. The van der Waals surface area contributed by atoms with Gasteiger partial charge >= 0.3 is 0 Å². The molecule has 0 aromatic heterocycles. The maximum atomic E-state index is 5.90. The zero-order valence-electron chi connectivity index (χ0n) is 11.2. The van der Waals surface area contributed by atoms with Crippen LogP contribution in [-0.2, 0) is 13.0 Å². The molecule has 0 radical (unpaired) electrons. The number of likely N-dealkylation sites (N-methyl/N-ethyl adjacent to an activating group) is 1. The van der Waals surface area contributed by atoms with Crippen molar-refractivity contribution >= 4 is 21.6 Å². The molecule has 1 aliphatic heterocycles. The Morgan fingerprint density at radius 1 is 1.22 bits per heavy atom. The van der Waals surface area contributed by atoms with E-state index in [1.807, 2.05) is 6.07 Å². The van der Waals surface area contributed by atoms with Gasteiger partial charge in [0.05, 0.1) is 0 Å². The molecule has 0 amide bonds. The van der Waals surface area contributed by atoms with Gasteiger partial charge in [-0.2, -0.15) is 0 Å². The van der Waals surface area contributed by atoms with E-state index in [1.54, 1.807) is 0 Å². The first kappa shape index (κ1) is 13.8. The Morgan fingerprint density at radius 2 is 1.89 bits per heavy atom. The third-order valence-electron chi connectivity index (χ3n) is 3.67. The van der Waals surface area contributed by atoms with Gasteiger partial charge in [0, 0.05) is 42.9 Å². The normalized spacial score (nSPS) is 18.2. The van der Waals surface area contributed by atoms with Gasteiger partial charge in [-0.3, -0.25) is 4.90 Å². The van der Waals surface area contributed by atoms with Crippen molar-refractivity contribution in [3.63, 3.8) is 0 Å². The van der Waals surface area contributed by atoms with Crippen molar-refractivity contribution in [2.24, 2.45) is 0 Å². The molecule has 1 aliphatic rings. The number of nitrogens with two attached hydrogens (primary N) is 1. The second-order valence-corrected chi connectivity index (χ2v) is 5.93. The molecule has 0 unspecified atom stereocenters. The van der Waals surface area contributed by atoms with E-state index < -0.39 is 0 Å². The molecule has 4 heteroatoms. The zero-order chi connectivity index (χ0) is 13.1. The first-order chi connectivity index (χ1) is 8.60. The molecule has 0 atom stereocenters. The molecule has 1 fully saturated rings. The number of piperazine rings is 1. The van der Waals surface area contributed by atoms with Crippen LogP contribution < -0.4 is 5.73 Å². The highest BCUT2D eigenvalue weighted by Crippen LogP contribution is 2.26. The summed E-state index contributed by atoms with van der Waals surface area (Å²) < 4.78 is 1.15. The molecule has 0 aliphatic carbocycles. The van der Waals surface area contributed by atoms with Crippen LogP contribution in [0, 0.1) is 0 Å². The van der Waals surface area contributed by atoms with Crippen molar-refractivity contribution in [1.82, 2.24) is 9.80 Å². The lowest BCUT2D eigenvalue weighted by Crippen LogP contribution is -2.44. The maximum absolute atomic E-state index is 5.90. The fourth-order valence-electron chi connectivity index (χ4n) is 2.44. The largest absolute Gasteiger partial charge is 0.399 e. The minimum absolute atomic E-state index is 0.848. The van der Waals surface area contributed by atoms with Crippen LogP contribution in [0.5, 0.6) is 0 Å². The lowest BCUT2D eigenvalue weighted by molar-refractivity contribution is 0.147. The number of benzene rings is 1. The summed E-state index contributed by atoms with van der Waals surface area (Å²) in [4.78, 5) is 4.91. The molecular weight excluding hydrogens is 290 g/mol. The second-order valence-electron chi connectivity index (χ2n) is 5.07. The summed E-state index contributed by atoms with van der Waals surface area (Å²) in [7, 11) is 2.19. The van der Waals surface area contributed by atoms with Gasteiger partial charge in [0.15, 0.2) is 0 Å². The molecule has 18 heavy (non-hydrogen) atoms. The zero-order valence-corrected chi connectivity index (χ0v) is 12.8. The lowest BCUT2D eigenvalue weighted by Gasteiger charge is -2.33. The van der Waals surface area contributed by atoms with E-state index in [0.29, 0.717) is 0 Å². The highest BCUT2D eigenvalue weighted by atomic mass is 79.9. The predicted octanol–water partition coefficient (Wildman–Crippen LogP) is 2.34. The molecular formula is C14H22BrN3. The molecule has 2 N–H and O–H groups in total. The van der Waals surface area contributed by atoms with E-state index in [0.717, 1.165) is 49.3 Å². The number of nitrogen functional groups attached to an aromatic ring is 1. The molecule has 100 valence electrons. The standard InChI is InChI=1S/C14H22BrN3/c1-3-11-8-12(16)9-14(15)13(11)10-18-6-4-17(2)5-7-18/h8-9H,3-7,10,16H2,1-2H3. The van der Waals surface area contributed by atoms with Crippen molar-refractivity contribution < 1.29 is 0 Å². The molecule has 0 spiro atoms. The minimum atomic E-state index is 0.848. The van der Waals surface area contributed by atoms with E-state index in [4.69, 9.17) is 5.73 Å². The Hall–Kier alpha value is -0.580. The predicted molar refractivity (Wildman–Crippen MR) is 80.7 cm³/mol. The van der Waals surface area contributed by atoms with Crippen LogP contribution in [0.4, 0.5) is 5.69 Å². The molecule has 1 aromatic carbocycles. The fraction of sp³-hybridized carbons (Fsp3) is 0.571. The Balaban J connectivity index is 2.13. The Bertz CT molecular complexity index is 412. The van der Waals surface area contributed by atoms with Crippen LogP contribution in [0.25, 0.3) is 0 Å². The monoisotopic (exact) mass is 311 g/mol. The number of hydrogen-bond acceptors (Lipinski definition) is 3. The van der Waals surface area contributed by atoms with Gasteiger partial charge in [0.1, 0.15) is 0 Å². The van der Waals surface area contributed by atoms with Gasteiger partial charge in [0.25, 0.3) is 0 Å². The number of hydrogen-bond donors (Lipinski definition) is 1. The van der Waals surface area contributed by atoms with Crippen LogP contribution in [0.2, 0.25) is 0 Å². The average molecular weight is 312 g/mol. The SMILES string of the molecule is CCc1cc(N)cc(Br)c1CN1CCN(C)CC1. The summed E-state index contributed by atoms with van der Waals surface area (Å²) in [6.07, 6.45) is 1.03. The Morgan fingerprint density at radius 3 is 2.50 bits per heavy atom. The number of rotatable bonds is 3. The summed E-state index contributed by atoms with van der Waals surface area (Å²) in [5, 5.41) is 0. The quantitative estimate of drug-likeness (QED) is 0.870. The summed E-state index contributed by atoms with van der Waals surface area (Å²) in [6.45, 7) is 7.83. The molecule has 0 bridgehead atoms. The maximum Gasteiger partial charge on any atom is 0.0328 e. The lowest BCUT2D eigenvalue weighted by atomic mass is 10.0. The highest BCUT2D eigenvalue weighted by Gasteiger charge is 2.16. The summed E-state index contributed by atoms with van der Waals surface area (Å²) in [6, 6.07) is 4.13. The van der Waals surface area contributed by atoms with E-state index in [9.17, 15) is 0 Å². The fourth-order valence-corrected chi connectivity index (χ4v) is 3.08. The minimum Gasteiger partial charge on any atom is -0.399 e. The molecule has 1 saturated heterocycles.